The summed E-state index contributed by atoms with van der Waals surface area (Å²) in [6.45, 7) is 4.46. The number of aryl methyl sites for hydroxylation is 2. The molecule has 6 nitrogen and oxygen atoms in total. The summed E-state index contributed by atoms with van der Waals surface area (Å²) >= 11 is 0. The van der Waals surface area contributed by atoms with Gasteiger partial charge in [-0.3, -0.25) is 9.36 Å². The van der Waals surface area contributed by atoms with Gasteiger partial charge < -0.3 is 10.3 Å². The first-order valence-corrected chi connectivity index (χ1v) is 9.02. The van der Waals surface area contributed by atoms with Gasteiger partial charge in [0.15, 0.2) is 0 Å². The molecule has 0 bridgehead atoms. The van der Waals surface area contributed by atoms with Crippen LogP contribution >= 0.6 is 0 Å². The maximum atomic E-state index is 12.7. The fourth-order valence-electron chi connectivity index (χ4n) is 3.26. The molecule has 6 heteroatoms. The summed E-state index contributed by atoms with van der Waals surface area (Å²) in [6, 6.07) is 14.8. The topological polar surface area (TPSA) is 79.8 Å². The van der Waals surface area contributed by atoms with Gasteiger partial charge in [0.25, 0.3) is 5.91 Å². The molecule has 0 saturated heterocycles. The van der Waals surface area contributed by atoms with Crippen molar-refractivity contribution in [3.8, 4) is 0 Å². The van der Waals surface area contributed by atoms with Gasteiger partial charge in [-0.05, 0) is 61.4 Å². The van der Waals surface area contributed by atoms with Crippen molar-refractivity contribution < 1.29 is 4.79 Å². The summed E-state index contributed by atoms with van der Waals surface area (Å²) in [5.41, 5.74) is 5.16. The Bertz CT molecular complexity index is 1240. The average Bonchev–Trinajstić information content (AvgIpc) is 2.97. The van der Waals surface area contributed by atoms with Crippen LogP contribution in [0.4, 0.5) is 5.69 Å². The van der Waals surface area contributed by atoms with Gasteiger partial charge in [-0.25, -0.2) is 9.78 Å². The monoisotopic (exact) mass is 372 g/mol. The lowest BCUT2D eigenvalue weighted by molar-refractivity contribution is 0.102. The van der Waals surface area contributed by atoms with Gasteiger partial charge in [-0.1, -0.05) is 12.1 Å². The SMILES string of the molecule is Cc1[nH]c2ccc(C(=O)Nc3cccc(Cn4cccnc4=O)c3)cc2c1C. The minimum absolute atomic E-state index is 0.171. The van der Waals surface area contributed by atoms with Gasteiger partial charge in [-0.2, -0.15) is 0 Å². The fourth-order valence-corrected chi connectivity index (χ4v) is 3.26. The van der Waals surface area contributed by atoms with Gasteiger partial charge >= 0.3 is 5.69 Å². The minimum Gasteiger partial charge on any atom is -0.358 e. The summed E-state index contributed by atoms with van der Waals surface area (Å²) in [6.07, 6.45) is 3.16. The van der Waals surface area contributed by atoms with E-state index in [0.29, 0.717) is 17.8 Å². The number of rotatable bonds is 4. The number of anilines is 1. The number of aromatic nitrogens is 3. The molecule has 0 aliphatic rings. The molecular formula is C22H20N4O2. The minimum atomic E-state index is -0.303. The number of benzene rings is 2. The molecule has 0 unspecified atom stereocenters. The summed E-state index contributed by atoms with van der Waals surface area (Å²) in [5.74, 6) is -0.171. The highest BCUT2D eigenvalue weighted by molar-refractivity contribution is 6.06. The number of fused-ring (bicyclic) bond motifs is 1. The standard InChI is InChI=1S/C22H20N4O2/c1-14-15(2)24-20-8-7-17(12-19(14)20)21(27)25-18-6-3-5-16(11-18)13-26-10-4-9-23-22(26)28/h3-12,24H,13H2,1-2H3,(H,25,27). The second-order valence-corrected chi connectivity index (χ2v) is 6.82. The van der Waals surface area contributed by atoms with E-state index in [2.05, 4.69) is 15.3 Å². The highest BCUT2D eigenvalue weighted by Crippen LogP contribution is 2.23. The molecule has 2 aromatic carbocycles. The van der Waals surface area contributed by atoms with Crippen LogP contribution in [-0.2, 0) is 6.54 Å². The zero-order chi connectivity index (χ0) is 19.7. The second-order valence-electron chi connectivity index (χ2n) is 6.82. The Hall–Kier alpha value is -3.67. The second kappa shape index (κ2) is 7.15. The molecule has 4 aromatic rings. The molecule has 2 aromatic heterocycles. The maximum absolute atomic E-state index is 12.7. The summed E-state index contributed by atoms with van der Waals surface area (Å²) in [5, 5.41) is 3.99. The Kier molecular flexibility index (Phi) is 4.53. The predicted octanol–water partition coefficient (Wildman–Crippen LogP) is 3.64. The van der Waals surface area contributed by atoms with Crippen molar-refractivity contribution in [2.24, 2.45) is 0 Å². The number of hydrogen-bond donors (Lipinski definition) is 2. The van der Waals surface area contributed by atoms with Crippen LogP contribution in [0.5, 0.6) is 0 Å². The molecule has 0 aliphatic heterocycles. The third-order valence-corrected chi connectivity index (χ3v) is 4.89. The maximum Gasteiger partial charge on any atom is 0.347 e. The Morgan fingerprint density at radius 2 is 2.00 bits per heavy atom. The van der Waals surface area contributed by atoms with Crippen LogP contribution in [0.15, 0.2) is 65.7 Å². The van der Waals surface area contributed by atoms with Crippen LogP contribution in [0, 0.1) is 13.8 Å². The van der Waals surface area contributed by atoms with Gasteiger partial charge in [0.05, 0.1) is 6.54 Å². The zero-order valence-electron chi connectivity index (χ0n) is 15.7. The van der Waals surface area contributed by atoms with E-state index >= 15 is 0 Å². The number of carbonyl (C=O) groups excluding carboxylic acids is 1. The molecule has 0 spiro atoms. The number of hydrogen-bond acceptors (Lipinski definition) is 3. The van der Waals surface area contributed by atoms with E-state index in [1.165, 1.54) is 10.8 Å². The van der Waals surface area contributed by atoms with Crippen molar-refractivity contribution in [2.45, 2.75) is 20.4 Å². The molecular weight excluding hydrogens is 352 g/mol. The quantitative estimate of drug-likeness (QED) is 0.574. The van der Waals surface area contributed by atoms with Gasteiger partial charge in [0.1, 0.15) is 0 Å². The molecule has 140 valence electrons. The van der Waals surface area contributed by atoms with Crippen LogP contribution in [0.25, 0.3) is 10.9 Å². The Balaban J connectivity index is 1.56. The van der Waals surface area contributed by atoms with E-state index in [4.69, 9.17) is 0 Å². The number of H-pyrrole nitrogens is 1. The Morgan fingerprint density at radius 3 is 2.82 bits per heavy atom. The number of nitrogens with one attached hydrogen (secondary N) is 2. The van der Waals surface area contributed by atoms with E-state index < -0.39 is 0 Å². The van der Waals surface area contributed by atoms with Gasteiger partial charge in [-0.15, -0.1) is 0 Å². The highest BCUT2D eigenvalue weighted by atomic mass is 16.2. The zero-order valence-corrected chi connectivity index (χ0v) is 15.7. The first-order chi connectivity index (χ1) is 13.5. The third kappa shape index (κ3) is 3.44. The van der Waals surface area contributed by atoms with E-state index in [9.17, 15) is 9.59 Å². The number of amides is 1. The van der Waals surface area contributed by atoms with E-state index in [0.717, 1.165) is 27.7 Å². The molecule has 2 N–H and O–H groups in total. The van der Waals surface area contributed by atoms with Crippen molar-refractivity contribution in [2.75, 3.05) is 5.32 Å². The first kappa shape index (κ1) is 17.7. The molecule has 1 amide bonds. The first-order valence-electron chi connectivity index (χ1n) is 9.02. The molecule has 4 rings (SSSR count). The smallest absolute Gasteiger partial charge is 0.347 e. The van der Waals surface area contributed by atoms with Gasteiger partial charge in [0, 0.05) is 40.2 Å². The van der Waals surface area contributed by atoms with Crippen LogP contribution in [-0.4, -0.2) is 20.4 Å². The normalized spacial score (nSPS) is 10.9. The number of aromatic amines is 1. The van der Waals surface area contributed by atoms with E-state index in [1.54, 1.807) is 12.3 Å². The summed E-state index contributed by atoms with van der Waals surface area (Å²) in [7, 11) is 0. The van der Waals surface area contributed by atoms with Crippen LogP contribution in [0.1, 0.15) is 27.2 Å². The fraction of sp³-hybridized carbons (Fsp3) is 0.136. The molecule has 28 heavy (non-hydrogen) atoms. The van der Waals surface area contributed by atoms with E-state index in [1.807, 2.05) is 56.3 Å². The number of nitrogens with zero attached hydrogens (tertiary/aromatic N) is 2. The van der Waals surface area contributed by atoms with E-state index in [-0.39, 0.29) is 11.6 Å². The lowest BCUT2D eigenvalue weighted by Gasteiger charge is -2.09. The van der Waals surface area contributed by atoms with Gasteiger partial charge in [0.2, 0.25) is 0 Å². The lowest BCUT2D eigenvalue weighted by Crippen LogP contribution is -2.22. The molecule has 0 aliphatic carbocycles. The molecule has 0 saturated carbocycles. The lowest BCUT2D eigenvalue weighted by atomic mass is 10.1. The molecule has 0 atom stereocenters. The average molecular weight is 372 g/mol. The number of carbonyl (C=O) groups is 1. The van der Waals surface area contributed by atoms with Crippen molar-refractivity contribution in [3.63, 3.8) is 0 Å². The van der Waals surface area contributed by atoms with Crippen molar-refractivity contribution in [3.05, 3.63) is 93.8 Å². The summed E-state index contributed by atoms with van der Waals surface area (Å²) in [4.78, 5) is 31.6. The molecule has 0 fully saturated rings. The van der Waals surface area contributed by atoms with Crippen molar-refractivity contribution in [1.82, 2.24) is 14.5 Å². The summed E-state index contributed by atoms with van der Waals surface area (Å²) < 4.78 is 1.52. The van der Waals surface area contributed by atoms with Crippen molar-refractivity contribution >= 4 is 22.5 Å². The Labute approximate surface area is 161 Å². The molecule has 0 radical (unpaired) electrons. The van der Waals surface area contributed by atoms with Crippen LogP contribution < -0.4 is 11.0 Å². The van der Waals surface area contributed by atoms with Crippen molar-refractivity contribution in [1.29, 1.82) is 0 Å². The third-order valence-electron chi connectivity index (χ3n) is 4.89. The Morgan fingerprint density at radius 1 is 1.14 bits per heavy atom. The van der Waals surface area contributed by atoms with Crippen LogP contribution in [0.3, 0.4) is 0 Å². The van der Waals surface area contributed by atoms with Crippen LogP contribution in [0.2, 0.25) is 0 Å². The predicted molar refractivity (Wildman–Crippen MR) is 110 cm³/mol. The largest absolute Gasteiger partial charge is 0.358 e. The highest BCUT2D eigenvalue weighted by Gasteiger charge is 2.11. The molecule has 2 heterocycles.